The Morgan fingerprint density at radius 2 is 1.55 bits per heavy atom. The number of benzene rings is 2. The summed E-state index contributed by atoms with van der Waals surface area (Å²) in [7, 11) is 0. The molecule has 0 aliphatic heterocycles. The molecule has 4 rings (SSSR count). The van der Waals surface area contributed by atoms with Gasteiger partial charge in [-0.25, -0.2) is 4.98 Å². The summed E-state index contributed by atoms with van der Waals surface area (Å²) in [5.41, 5.74) is 4.15. The highest BCUT2D eigenvalue weighted by molar-refractivity contribution is 5.71. The zero-order chi connectivity index (χ0) is 20.1. The first-order valence-electron chi connectivity index (χ1n) is 9.87. The maximum absolute atomic E-state index is 11.5. The molecule has 0 spiro atoms. The summed E-state index contributed by atoms with van der Waals surface area (Å²) in [4.78, 5) is 20.9. The van der Waals surface area contributed by atoms with Crippen molar-refractivity contribution in [3.8, 4) is 0 Å². The lowest BCUT2D eigenvalue weighted by atomic mass is 9.87. The van der Waals surface area contributed by atoms with Crippen molar-refractivity contribution >= 4 is 17.7 Å². The minimum absolute atomic E-state index is 0.383. The minimum atomic E-state index is -0.754. The number of fused-ring (bicyclic) bond motifs is 1. The van der Waals surface area contributed by atoms with Crippen LogP contribution in [0.1, 0.15) is 28.8 Å². The van der Waals surface area contributed by atoms with Crippen LogP contribution in [0.4, 0.5) is 11.8 Å². The number of carboxylic acid groups (broad SMARTS) is 1. The molecule has 0 fully saturated rings. The van der Waals surface area contributed by atoms with Crippen molar-refractivity contribution in [2.45, 2.75) is 32.4 Å². The van der Waals surface area contributed by atoms with Crippen molar-refractivity contribution in [3.63, 3.8) is 0 Å². The van der Waals surface area contributed by atoms with E-state index in [1.807, 2.05) is 36.4 Å². The Balaban J connectivity index is 1.57. The standard InChI is InChI=1S/C23H24N4O2/c28-22(29)18-11-12-20-19(13-18)21(24-14-16-7-3-1-4-8-16)27-23(26-20)25-15-17-9-5-2-6-10-17/h1-10,18H,11-15H2,(H,28,29)(H2,24,25,26,27). The Labute approximate surface area is 170 Å². The van der Waals surface area contributed by atoms with Crippen LogP contribution in [-0.2, 0) is 30.7 Å². The Bertz CT molecular complexity index is 977. The number of hydrogen-bond donors (Lipinski definition) is 3. The van der Waals surface area contributed by atoms with Crippen molar-refractivity contribution < 1.29 is 9.90 Å². The van der Waals surface area contributed by atoms with E-state index in [2.05, 4.69) is 44.9 Å². The van der Waals surface area contributed by atoms with E-state index in [0.717, 1.165) is 28.2 Å². The number of nitrogens with one attached hydrogen (secondary N) is 2. The van der Waals surface area contributed by atoms with Crippen molar-refractivity contribution in [1.29, 1.82) is 0 Å². The number of aliphatic carboxylic acids is 1. The van der Waals surface area contributed by atoms with Crippen LogP contribution >= 0.6 is 0 Å². The van der Waals surface area contributed by atoms with Gasteiger partial charge < -0.3 is 15.7 Å². The molecule has 0 bridgehead atoms. The van der Waals surface area contributed by atoms with Gasteiger partial charge in [-0.1, -0.05) is 60.7 Å². The van der Waals surface area contributed by atoms with Crippen LogP contribution in [0.3, 0.4) is 0 Å². The molecule has 1 unspecified atom stereocenters. The van der Waals surface area contributed by atoms with E-state index in [9.17, 15) is 9.90 Å². The fraction of sp³-hybridized carbons (Fsp3) is 0.261. The Morgan fingerprint density at radius 3 is 2.17 bits per heavy atom. The Kier molecular flexibility index (Phi) is 5.70. The van der Waals surface area contributed by atoms with Gasteiger partial charge in [0.05, 0.1) is 11.6 Å². The molecule has 3 N–H and O–H groups in total. The molecule has 148 valence electrons. The van der Waals surface area contributed by atoms with Gasteiger partial charge in [0, 0.05) is 18.7 Å². The first-order valence-corrected chi connectivity index (χ1v) is 9.87. The summed E-state index contributed by atoms with van der Waals surface area (Å²) in [6.07, 6.45) is 1.71. The topological polar surface area (TPSA) is 87.1 Å². The molecule has 6 heteroatoms. The van der Waals surface area contributed by atoms with Gasteiger partial charge >= 0.3 is 5.97 Å². The second-order valence-electron chi connectivity index (χ2n) is 7.28. The smallest absolute Gasteiger partial charge is 0.306 e. The van der Waals surface area contributed by atoms with Gasteiger partial charge in [-0.2, -0.15) is 4.98 Å². The van der Waals surface area contributed by atoms with Gasteiger partial charge in [0.25, 0.3) is 0 Å². The summed E-state index contributed by atoms with van der Waals surface area (Å²) >= 11 is 0. The van der Waals surface area contributed by atoms with Crippen molar-refractivity contribution in [3.05, 3.63) is 83.0 Å². The predicted molar refractivity (Wildman–Crippen MR) is 113 cm³/mol. The number of carboxylic acids is 1. The molecule has 0 amide bonds. The molecule has 0 saturated carbocycles. The zero-order valence-electron chi connectivity index (χ0n) is 16.1. The van der Waals surface area contributed by atoms with Gasteiger partial charge in [-0.05, 0) is 30.4 Å². The van der Waals surface area contributed by atoms with E-state index in [4.69, 9.17) is 0 Å². The zero-order valence-corrected chi connectivity index (χ0v) is 16.1. The molecule has 2 aromatic carbocycles. The van der Waals surface area contributed by atoms with Gasteiger partial charge in [-0.3, -0.25) is 4.79 Å². The van der Waals surface area contributed by atoms with Gasteiger partial charge in [0.2, 0.25) is 5.95 Å². The van der Waals surface area contributed by atoms with E-state index in [1.165, 1.54) is 0 Å². The van der Waals surface area contributed by atoms with Crippen LogP contribution in [0.2, 0.25) is 0 Å². The Hall–Kier alpha value is -3.41. The maximum Gasteiger partial charge on any atom is 0.306 e. The second-order valence-corrected chi connectivity index (χ2v) is 7.28. The van der Waals surface area contributed by atoms with Crippen LogP contribution in [0, 0.1) is 5.92 Å². The van der Waals surface area contributed by atoms with E-state index >= 15 is 0 Å². The normalized spacial score (nSPS) is 15.4. The summed E-state index contributed by atoms with van der Waals surface area (Å²) < 4.78 is 0. The highest BCUT2D eigenvalue weighted by Gasteiger charge is 2.28. The number of carbonyl (C=O) groups is 1. The lowest BCUT2D eigenvalue weighted by Gasteiger charge is -2.24. The molecule has 6 nitrogen and oxygen atoms in total. The van der Waals surface area contributed by atoms with Gasteiger partial charge in [-0.15, -0.1) is 0 Å². The first kappa shape index (κ1) is 18.9. The van der Waals surface area contributed by atoms with Crippen LogP contribution in [0.15, 0.2) is 60.7 Å². The molecule has 1 heterocycles. The largest absolute Gasteiger partial charge is 0.481 e. The molecular formula is C23H24N4O2. The van der Waals surface area contributed by atoms with Crippen molar-refractivity contribution in [2.24, 2.45) is 5.92 Å². The molecule has 29 heavy (non-hydrogen) atoms. The number of anilines is 2. The molecule has 1 aromatic heterocycles. The first-order chi connectivity index (χ1) is 14.2. The fourth-order valence-corrected chi connectivity index (χ4v) is 3.61. The molecule has 3 aromatic rings. The SMILES string of the molecule is O=C(O)C1CCc2nc(NCc3ccccc3)nc(NCc3ccccc3)c2C1. The number of aromatic nitrogens is 2. The van der Waals surface area contributed by atoms with E-state index in [0.29, 0.717) is 38.3 Å². The van der Waals surface area contributed by atoms with E-state index in [1.54, 1.807) is 0 Å². The van der Waals surface area contributed by atoms with Crippen molar-refractivity contribution in [2.75, 3.05) is 10.6 Å². The number of aryl methyl sites for hydroxylation is 1. The summed E-state index contributed by atoms with van der Waals surface area (Å²) in [5.74, 6) is 0.153. The molecular weight excluding hydrogens is 364 g/mol. The van der Waals surface area contributed by atoms with E-state index < -0.39 is 5.97 Å². The van der Waals surface area contributed by atoms with Crippen LogP contribution < -0.4 is 10.6 Å². The van der Waals surface area contributed by atoms with Gasteiger partial charge in [0.15, 0.2) is 0 Å². The quantitative estimate of drug-likeness (QED) is 0.569. The monoisotopic (exact) mass is 388 g/mol. The number of hydrogen-bond acceptors (Lipinski definition) is 5. The summed E-state index contributed by atoms with van der Waals surface area (Å²) in [6, 6.07) is 20.2. The molecule has 1 atom stereocenters. The third-order valence-corrected chi connectivity index (χ3v) is 5.22. The number of rotatable bonds is 7. The molecule has 1 aliphatic rings. The Morgan fingerprint density at radius 1 is 0.931 bits per heavy atom. The third kappa shape index (κ3) is 4.71. The third-order valence-electron chi connectivity index (χ3n) is 5.22. The number of nitrogens with zero attached hydrogens (tertiary/aromatic N) is 2. The highest BCUT2D eigenvalue weighted by atomic mass is 16.4. The van der Waals surface area contributed by atoms with Crippen LogP contribution in [0.25, 0.3) is 0 Å². The molecule has 0 radical (unpaired) electrons. The average molecular weight is 388 g/mol. The molecule has 1 aliphatic carbocycles. The predicted octanol–water partition coefficient (Wildman–Crippen LogP) is 3.89. The second kappa shape index (κ2) is 8.73. The van der Waals surface area contributed by atoms with Crippen LogP contribution in [0.5, 0.6) is 0 Å². The van der Waals surface area contributed by atoms with Gasteiger partial charge in [0.1, 0.15) is 5.82 Å². The highest BCUT2D eigenvalue weighted by Crippen LogP contribution is 2.30. The summed E-state index contributed by atoms with van der Waals surface area (Å²) in [5, 5.41) is 16.2. The lowest BCUT2D eigenvalue weighted by Crippen LogP contribution is -2.25. The van der Waals surface area contributed by atoms with Crippen LogP contribution in [-0.4, -0.2) is 21.0 Å². The summed E-state index contributed by atoms with van der Waals surface area (Å²) in [6.45, 7) is 1.26. The average Bonchev–Trinajstić information content (AvgIpc) is 2.77. The molecule has 0 saturated heterocycles. The fourth-order valence-electron chi connectivity index (χ4n) is 3.61. The minimum Gasteiger partial charge on any atom is -0.481 e. The lowest BCUT2D eigenvalue weighted by molar-refractivity contribution is -0.142. The van der Waals surface area contributed by atoms with Crippen molar-refractivity contribution in [1.82, 2.24) is 9.97 Å². The van der Waals surface area contributed by atoms with E-state index in [-0.39, 0.29) is 5.92 Å². The maximum atomic E-state index is 11.5.